The number of aliphatic imine (C=N–C) groups is 1. The van der Waals surface area contributed by atoms with Crippen LogP contribution < -0.4 is 0 Å². The molecule has 0 radical (unpaired) electrons. The minimum atomic E-state index is -0.187. The molecule has 1 aromatic heterocycles. The Bertz CT molecular complexity index is 1810. The van der Waals surface area contributed by atoms with Gasteiger partial charge in [0, 0.05) is 33.9 Å². The Morgan fingerprint density at radius 2 is 1.05 bits per heavy atom. The quantitative estimate of drug-likeness (QED) is 0.175. The van der Waals surface area contributed by atoms with Gasteiger partial charge in [0.15, 0.2) is 5.82 Å². The summed E-state index contributed by atoms with van der Waals surface area (Å²) in [7, 11) is 0. The predicted octanol–water partition coefficient (Wildman–Crippen LogP) is 10.4. The van der Waals surface area contributed by atoms with Gasteiger partial charge in [-0.3, -0.25) is 4.99 Å². The van der Waals surface area contributed by atoms with Crippen molar-refractivity contribution in [3.05, 3.63) is 163 Å². The van der Waals surface area contributed by atoms with E-state index < -0.39 is 0 Å². The SMILES string of the molecule is C=CC=Nc1ccccc1-c1ccc(C(C)(C)c2ccc(-c3cc(-c4ccccc4)nc(-c4ccccc4)n3)cc2)cc1. The van der Waals surface area contributed by atoms with Gasteiger partial charge < -0.3 is 0 Å². The van der Waals surface area contributed by atoms with Crippen LogP contribution in [0.25, 0.3) is 45.0 Å². The maximum absolute atomic E-state index is 4.99. The van der Waals surface area contributed by atoms with Crippen molar-refractivity contribution in [3.8, 4) is 45.0 Å². The molecular formula is C40H33N3. The highest BCUT2D eigenvalue weighted by Crippen LogP contribution is 2.36. The fourth-order valence-corrected chi connectivity index (χ4v) is 5.32. The highest BCUT2D eigenvalue weighted by Gasteiger charge is 2.23. The van der Waals surface area contributed by atoms with Crippen molar-refractivity contribution in [2.45, 2.75) is 19.3 Å². The van der Waals surface area contributed by atoms with Crippen LogP contribution in [-0.4, -0.2) is 16.2 Å². The van der Waals surface area contributed by atoms with Crippen molar-refractivity contribution in [2.75, 3.05) is 0 Å². The van der Waals surface area contributed by atoms with Crippen molar-refractivity contribution in [1.29, 1.82) is 0 Å². The lowest BCUT2D eigenvalue weighted by atomic mass is 9.77. The van der Waals surface area contributed by atoms with Crippen LogP contribution in [0.3, 0.4) is 0 Å². The van der Waals surface area contributed by atoms with Crippen LogP contribution in [0.2, 0.25) is 0 Å². The lowest BCUT2D eigenvalue weighted by Gasteiger charge is -2.26. The first-order valence-electron chi connectivity index (χ1n) is 14.5. The van der Waals surface area contributed by atoms with Gasteiger partial charge in [-0.25, -0.2) is 9.97 Å². The molecule has 0 unspecified atom stereocenters. The summed E-state index contributed by atoms with van der Waals surface area (Å²) >= 11 is 0. The Hall–Kier alpha value is -5.41. The van der Waals surface area contributed by atoms with Gasteiger partial charge in [-0.1, -0.05) is 154 Å². The topological polar surface area (TPSA) is 38.1 Å². The largest absolute Gasteiger partial charge is 0.256 e. The summed E-state index contributed by atoms with van der Waals surface area (Å²) in [6.07, 6.45) is 3.43. The number of hydrogen-bond acceptors (Lipinski definition) is 3. The van der Waals surface area contributed by atoms with Crippen LogP contribution in [-0.2, 0) is 5.41 Å². The third kappa shape index (κ3) is 5.98. The molecule has 0 saturated carbocycles. The number of aromatic nitrogens is 2. The molecule has 0 aliphatic rings. The third-order valence-corrected chi connectivity index (χ3v) is 7.87. The molecule has 0 spiro atoms. The number of hydrogen-bond donors (Lipinski definition) is 0. The molecule has 0 atom stereocenters. The summed E-state index contributed by atoms with van der Waals surface area (Å²) in [5, 5.41) is 0. The zero-order chi connectivity index (χ0) is 29.6. The van der Waals surface area contributed by atoms with Gasteiger partial charge >= 0.3 is 0 Å². The van der Waals surface area contributed by atoms with E-state index in [4.69, 9.17) is 9.97 Å². The van der Waals surface area contributed by atoms with Crippen molar-refractivity contribution >= 4 is 11.9 Å². The highest BCUT2D eigenvalue weighted by atomic mass is 14.9. The summed E-state index contributed by atoms with van der Waals surface area (Å²) in [5.41, 5.74) is 10.4. The fraction of sp³-hybridized carbons (Fsp3) is 0.0750. The molecule has 6 aromatic rings. The zero-order valence-electron chi connectivity index (χ0n) is 24.5. The minimum Gasteiger partial charge on any atom is -0.256 e. The smallest absolute Gasteiger partial charge is 0.160 e. The Balaban J connectivity index is 1.31. The molecule has 3 nitrogen and oxygen atoms in total. The molecule has 0 saturated heterocycles. The van der Waals surface area contributed by atoms with Crippen LogP contribution in [0.5, 0.6) is 0 Å². The van der Waals surface area contributed by atoms with Gasteiger partial charge in [-0.2, -0.15) is 0 Å². The average molecular weight is 556 g/mol. The zero-order valence-corrected chi connectivity index (χ0v) is 24.5. The summed E-state index contributed by atoms with van der Waals surface area (Å²) in [6, 6.07) is 48.3. The molecule has 0 fully saturated rings. The molecule has 0 bridgehead atoms. The number of rotatable bonds is 8. The highest BCUT2D eigenvalue weighted by molar-refractivity contribution is 5.82. The van der Waals surface area contributed by atoms with E-state index in [1.807, 2.05) is 54.6 Å². The Kier molecular flexibility index (Phi) is 7.88. The minimum absolute atomic E-state index is 0.187. The maximum Gasteiger partial charge on any atom is 0.160 e. The van der Waals surface area contributed by atoms with E-state index in [2.05, 4.69) is 110 Å². The van der Waals surface area contributed by atoms with Crippen molar-refractivity contribution in [3.63, 3.8) is 0 Å². The molecule has 3 heteroatoms. The van der Waals surface area contributed by atoms with Crippen LogP contribution in [0.15, 0.2) is 157 Å². The molecule has 6 rings (SSSR count). The van der Waals surface area contributed by atoms with Gasteiger partial charge in [0.1, 0.15) is 0 Å². The van der Waals surface area contributed by atoms with Crippen molar-refractivity contribution < 1.29 is 0 Å². The first-order valence-corrected chi connectivity index (χ1v) is 14.5. The molecule has 0 N–H and O–H groups in total. The van der Waals surface area contributed by atoms with Gasteiger partial charge in [0.25, 0.3) is 0 Å². The molecule has 5 aromatic carbocycles. The first-order chi connectivity index (χ1) is 21.0. The fourth-order valence-electron chi connectivity index (χ4n) is 5.32. The number of benzene rings is 5. The second-order valence-corrected chi connectivity index (χ2v) is 11.0. The van der Waals surface area contributed by atoms with E-state index in [0.29, 0.717) is 0 Å². The van der Waals surface area contributed by atoms with Gasteiger partial charge in [-0.15, -0.1) is 0 Å². The van der Waals surface area contributed by atoms with Gasteiger partial charge in [0.05, 0.1) is 17.1 Å². The normalized spacial score (nSPS) is 11.5. The Labute approximate surface area is 254 Å². The molecule has 43 heavy (non-hydrogen) atoms. The van der Waals surface area contributed by atoms with Crippen LogP contribution in [0.1, 0.15) is 25.0 Å². The third-order valence-electron chi connectivity index (χ3n) is 7.87. The average Bonchev–Trinajstić information content (AvgIpc) is 3.08. The van der Waals surface area contributed by atoms with E-state index >= 15 is 0 Å². The standard InChI is InChI=1S/C40H33N3/c1-4-27-41-36-18-12-11-17-35(36)29-19-23-33(24-20-29)40(2,3)34-25-21-31(22-26-34)38-28-37(30-13-7-5-8-14-30)42-39(43-38)32-15-9-6-10-16-32/h4-28H,1H2,2-3H3. The van der Waals surface area contributed by atoms with E-state index in [1.54, 1.807) is 12.3 Å². The van der Waals surface area contributed by atoms with E-state index in [-0.39, 0.29) is 5.41 Å². The molecule has 1 heterocycles. The number of para-hydroxylation sites is 1. The Morgan fingerprint density at radius 1 is 0.558 bits per heavy atom. The van der Waals surface area contributed by atoms with E-state index in [1.165, 1.54) is 11.1 Å². The molecular weight excluding hydrogens is 522 g/mol. The lowest BCUT2D eigenvalue weighted by Crippen LogP contribution is -2.18. The summed E-state index contributed by atoms with van der Waals surface area (Å²) < 4.78 is 0. The van der Waals surface area contributed by atoms with Crippen LogP contribution >= 0.6 is 0 Å². The van der Waals surface area contributed by atoms with Crippen LogP contribution in [0, 0.1) is 0 Å². The molecule has 0 aliphatic carbocycles. The molecule has 0 amide bonds. The van der Waals surface area contributed by atoms with Gasteiger partial charge in [0.2, 0.25) is 0 Å². The van der Waals surface area contributed by atoms with Crippen molar-refractivity contribution in [2.24, 2.45) is 4.99 Å². The van der Waals surface area contributed by atoms with E-state index in [9.17, 15) is 0 Å². The molecule has 0 aliphatic heterocycles. The summed E-state index contributed by atoms with van der Waals surface area (Å²) in [6.45, 7) is 8.28. The summed E-state index contributed by atoms with van der Waals surface area (Å²) in [4.78, 5) is 14.5. The number of allylic oxidation sites excluding steroid dienone is 1. The Morgan fingerprint density at radius 3 is 1.63 bits per heavy atom. The predicted molar refractivity (Wildman–Crippen MR) is 181 cm³/mol. The maximum atomic E-state index is 4.99. The monoisotopic (exact) mass is 555 g/mol. The van der Waals surface area contributed by atoms with Gasteiger partial charge in [-0.05, 0) is 28.8 Å². The lowest BCUT2D eigenvalue weighted by molar-refractivity contribution is 0.641. The van der Waals surface area contributed by atoms with E-state index in [0.717, 1.165) is 50.7 Å². The second-order valence-electron chi connectivity index (χ2n) is 11.0. The first kappa shape index (κ1) is 27.7. The number of nitrogens with zero attached hydrogens (tertiary/aromatic N) is 3. The molecule has 208 valence electrons. The van der Waals surface area contributed by atoms with Crippen LogP contribution in [0.4, 0.5) is 5.69 Å². The second kappa shape index (κ2) is 12.2. The summed E-state index contributed by atoms with van der Waals surface area (Å²) in [5.74, 6) is 0.721. The van der Waals surface area contributed by atoms with Crippen molar-refractivity contribution in [1.82, 2.24) is 9.97 Å².